The second-order valence-corrected chi connectivity index (χ2v) is 4.82. The molecule has 0 spiro atoms. The maximum Gasteiger partial charge on any atom is 0.140 e. The quantitative estimate of drug-likeness (QED) is 0.773. The van der Waals surface area contributed by atoms with Crippen LogP contribution in [-0.2, 0) is 6.54 Å². The van der Waals surface area contributed by atoms with E-state index in [-0.39, 0.29) is 5.56 Å². The summed E-state index contributed by atoms with van der Waals surface area (Å²) in [6.45, 7) is 2.77. The van der Waals surface area contributed by atoms with Crippen molar-refractivity contribution in [3.05, 3.63) is 35.1 Å². The minimum absolute atomic E-state index is 0.120. The number of rotatable bonds is 6. The summed E-state index contributed by atoms with van der Waals surface area (Å²) in [4.78, 5) is 4.33. The molecule has 0 heterocycles. The number of hydrogen-bond donors (Lipinski definition) is 0. The van der Waals surface area contributed by atoms with Crippen LogP contribution >= 0.6 is 0 Å². The Bertz CT molecular complexity index is 424. The normalized spacial score (nSPS) is 10.9. The van der Waals surface area contributed by atoms with Gasteiger partial charge in [0.1, 0.15) is 11.9 Å². The van der Waals surface area contributed by atoms with Gasteiger partial charge in [0.2, 0.25) is 0 Å². The predicted molar refractivity (Wildman–Crippen MR) is 70.6 cm³/mol. The van der Waals surface area contributed by atoms with Crippen molar-refractivity contribution in [1.82, 2.24) is 9.80 Å². The minimum atomic E-state index is -0.448. The van der Waals surface area contributed by atoms with Gasteiger partial charge in [0.25, 0.3) is 0 Å². The molecular formula is C14H20FN3. The first-order valence-electron chi connectivity index (χ1n) is 6.04. The van der Waals surface area contributed by atoms with Crippen molar-refractivity contribution < 1.29 is 4.39 Å². The monoisotopic (exact) mass is 249 g/mol. The molecule has 18 heavy (non-hydrogen) atoms. The zero-order valence-corrected chi connectivity index (χ0v) is 11.3. The van der Waals surface area contributed by atoms with Gasteiger partial charge in [-0.05, 0) is 58.3 Å². The van der Waals surface area contributed by atoms with E-state index in [4.69, 9.17) is 5.26 Å². The molecule has 1 rings (SSSR count). The summed E-state index contributed by atoms with van der Waals surface area (Å²) in [5.74, 6) is -0.448. The predicted octanol–water partition coefficient (Wildman–Crippen LogP) is 2.08. The molecule has 0 bridgehead atoms. The maximum atomic E-state index is 13.2. The molecular weight excluding hydrogens is 229 g/mol. The van der Waals surface area contributed by atoms with Crippen molar-refractivity contribution in [3.63, 3.8) is 0 Å². The number of nitriles is 1. The fraction of sp³-hybridized carbons (Fsp3) is 0.500. The lowest BCUT2D eigenvalue weighted by atomic mass is 10.1. The van der Waals surface area contributed by atoms with E-state index in [1.54, 1.807) is 12.1 Å². The third-order valence-electron chi connectivity index (χ3n) is 2.75. The molecule has 3 nitrogen and oxygen atoms in total. The van der Waals surface area contributed by atoms with Crippen molar-refractivity contribution >= 4 is 0 Å². The van der Waals surface area contributed by atoms with Gasteiger partial charge in [-0.25, -0.2) is 4.39 Å². The van der Waals surface area contributed by atoms with Crippen LogP contribution in [0.25, 0.3) is 0 Å². The third kappa shape index (κ3) is 4.82. The van der Waals surface area contributed by atoms with Crippen molar-refractivity contribution in [2.24, 2.45) is 0 Å². The Morgan fingerprint density at radius 3 is 2.56 bits per heavy atom. The van der Waals surface area contributed by atoms with Gasteiger partial charge in [0.05, 0.1) is 5.56 Å². The van der Waals surface area contributed by atoms with Crippen molar-refractivity contribution in [2.45, 2.75) is 13.0 Å². The van der Waals surface area contributed by atoms with Crippen LogP contribution in [0.1, 0.15) is 17.5 Å². The highest BCUT2D eigenvalue weighted by Gasteiger charge is 2.05. The van der Waals surface area contributed by atoms with Crippen molar-refractivity contribution in [1.29, 1.82) is 5.26 Å². The van der Waals surface area contributed by atoms with Crippen LogP contribution in [-0.4, -0.2) is 44.0 Å². The Kier molecular flexibility index (Phi) is 5.76. The fourth-order valence-corrected chi connectivity index (χ4v) is 1.80. The van der Waals surface area contributed by atoms with Crippen LogP contribution in [0.15, 0.2) is 18.2 Å². The number of nitrogens with zero attached hydrogens (tertiary/aromatic N) is 3. The van der Waals surface area contributed by atoms with Gasteiger partial charge in [0.15, 0.2) is 0 Å². The van der Waals surface area contributed by atoms with Crippen LogP contribution in [0.3, 0.4) is 0 Å². The lowest BCUT2D eigenvalue weighted by Gasteiger charge is -2.18. The molecule has 0 saturated heterocycles. The van der Waals surface area contributed by atoms with E-state index in [1.165, 1.54) is 6.07 Å². The van der Waals surface area contributed by atoms with E-state index in [1.807, 2.05) is 13.1 Å². The highest BCUT2D eigenvalue weighted by atomic mass is 19.1. The van der Waals surface area contributed by atoms with Crippen LogP contribution in [0.4, 0.5) is 4.39 Å². The summed E-state index contributed by atoms with van der Waals surface area (Å²) in [7, 11) is 6.14. The number of hydrogen-bond acceptors (Lipinski definition) is 3. The largest absolute Gasteiger partial charge is 0.309 e. The molecule has 0 aromatic heterocycles. The second-order valence-electron chi connectivity index (χ2n) is 4.82. The van der Waals surface area contributed by atoms with E-state index in [2.05, 4.69) is 23.9 Å². The van der Waals surface area contributed by atoms with Crippen LogP contribution in [0, 0.1) is 17.1 Å². The summed E-state index contributed by atoms with van der Waals surface area (Å²) in [6.07, 6.45) is 1.09. The standard InChI is InChI=1S/C14H20FN3/c1-17(2)7-4-8-18(3)11-12-5-6-14(15)13(9-12)10-16/h5-6,9H,4,7-8,11H2,1-3H3. The van der Waals surface area contributed by atoms with E-state index in [0.29, 0.717) is 0 Å². The molecule has 0 radical (unpaired) electrons. The van der Waals surface area contributed by atoms with E-state index >= 15 is 0 Å². The molecule has 0 atom stereocenters. The highest BCUT2D eigenvalue weighted by molar-refractivity contribution is 5.34. The van der Waals surface area contributed by atoms with Crippen LogP contribution in [0.5, 0.6) is 0 Å². The highest BCUT2D eigenvalue weighted by Crippen LogP contribution is 2.11. The maximum absolute atomic E-state index is 13.2. The lowest BCUT2D eigenvalue weighted by Crippen LogP contribution is -2.23. The van der Waals surface area contributed by atoms with Gasteiger partial charge in [-0.3, -0.25) is 0 Å². The smallest absolute Gasteiger partial charge is 0.140 e. The van der Waals surface area contributed by atoms with Gasteiger partial charge in [-0.15, -0.1) is 0 Å². The van der Waals surface area contributed by atoms with Gasteiger partial charge in [0, 0.05) is 6.54 Å². The Labute approximate surface area is 108 Å². The van der Waals surface area contributed by atoms with E-state index < -0.39 is 5.82 Å². The zero-order chi connectivity index (χ0) is 13.5. The average molecular weight is 249 g/mol. The Morgan fingerprint density at radius 1 is 1.22 bits per heavy atom. The number of benzene rings is 1. The van der Waals surface area contributed by atoms with Gasteiger partial charge < -0.3 is 9.80 Å². The molecule has 98 valence electrons. The summed E-state index contributed by atoms with van der Waals surface area (Å²) >= 11 is 0. The first-order chi connectivity index (χ1) is 8.52. The van der Waals surface area contributed by atoms with Gasteiger partial charge >= 0.3 is 0 Å². The van der Waals surface area contributed by atoms with Gasteiger partial charge in [-0.1, -0.05) is 6.07 Å². The molecule has 4 heteroatoms. The molecule has 1 aromatic rings. The summed E-state index contributed by atoms with van der Waals surface area (Å²) in [6, 6.07) is 6.59. The number of halogens is 1. The topological polar surface area (TPSA) is 30.3 Å². The first kappa shape index (κ1) is 14.6. The molecule has 0 amide bonds. The van der Waals surface area contributed by atoms with E-state index in [9.17, 15) is 4.39 Å². The van der Waals surface area contributed by atoms with Crippen molar-refractivity contribution in [3.8, 4) is 6.07 Å². The van der Waals surface area contributed by atoms with E-state index in [0.717, 1.165) is 31.6 Å². The fourth-order valence-electron chi connectivity index (χ4n) is 1.80. The van der Waals surface area contributed by atoms with Crippen molar-refractivity contribution in [2.75, 3.05) is 34.2 Å². The van der Waals surface area contributed by atoms with Gasteiger partial charge in [-0.2, -0.15) is 5.26 Å². The summed E-state index contributed by atoms with van der Waals surface area (Å²) in [5, 5.41) is 8.77. The second kappa shape index (κ2) is 7.10. The summed E-state index contributed by atoms with van der Waals surface area (Å²) < 4.78 is 13.2. The minimum Gasteiger partial charge on any atom is -0.309 e. The Hall–Kier alpha value is -1.44. The molecule has 0 N–H and O–H groups in total. The van der Waals surface area contributed by atoms with Crippen LogP contribution in [0.2, 0.25) is 0 Å². The first-order valence-corrected chi connectivity index (χ1v) is 6.04. The Balaban J connectivity index is 2.49. The molecule has 0 aliphatic carbocycles. The molecule has 0 fully saturated rings. The lowest BCUT2D eigenvalue weighted by molar-refractivity contribution is 0.294. The molecule has 0 aliphatic heterocycles. The molecule has 0 aliphatic rings. The van der Waals surface area contributed by atoms with Crippen LogP contribution < -0.4 is 0 Å². The third-order valence-corrected chi connectivity index (χ3v) is 2.75. The average Bonchev–Trinajstić information content (AvgIpc) is 2.31. The molecule has 0 saturated carbocycles. The Morgan fingerprint density at radius 2 is 1.94 bits per heavy atom. The molecule has 0 unspecified atom stereocenters. The molecule has 1 aromatic carbocycles. The zero-order valence-electron chi connectivity index (χ0n) is 11.3. The SMILES string of the molecule is CN(C)CCCN(C)Cc1ccc(F)c(C#N)c1. The summed E-state index contributed by atoms with van der Waals surface area (Å²) in [5.41, 5.74) is 1.09.